The summed E-state index contributed by atoms with van der Waals surface area (Å²) < 4.78 is 39.1. The lowest BCUT2D eigenvalue weighted by Gasteiger charge is -2.32. The lowest BCUT2D eigenvalue weighted by atomic mass is 9.90. The fourth-order valence-corrected chi connectivity index (χ4v) is 2.73. The van der Waals surface area contributed by atoms with Crippen molar-refractivity contribution in [1.82, 2.24) is 15.1 Å². The van der Waals surface area contributed by atoms with E-state index in [1.54, 1.807) is 17.8 Å². The normalized spacial score (nSPS) is 19.8. The Morgan fingerprint density at radius 1 is 1.39 bits per heavy atom. The summed E-state index contributed by atoms with van der Waals surface area (Å²) in [6, 6.07) is 1.62. The summed E-state index contributed by atoms with van der Waals surface area (Å²) in [7, 11) is 1.77. The van der Waals surface area contributed by atoms with Crippen molar-refractivity contribution in [3.8, 4) is 0 Å². The monoisotopic (exact) mass is 409 g/mol. The van der Waals surface area contributed by atoms with Gasteiger partial charge in [0.25, 0.3) is 0 Å². The molecule has 0 aliphatic carbocycles. The Bertz CT molecular complexity index is 661. The maximum atomic E-state index is 10.9. The summed E-state index contributed by atoms with van der Waals surface area (Å²) >= 11 is 0. The van der Waals surface area contributed by atoms with Crippen molar-refractivity contribution in [2.45, 2.75) is 45.5 Å². The number of aromatic nitrogens is 2. The zero-order valence-electron chi connectivity index (χ0n) is 16.0. The van der Waals surface area contributed by atoms with E-state index in [9.17, 15) is 18.0 Å². The number of aromatic carboxylic acids is 1. The van der Waals surface area contributed by atoms with E-state index in [0.29, 0.717) is 24.5 Å². The smallest absolute Gasteiger partial charge is 0.476 e. The minimum absolute atomic E-state index is 0.0974. The van der Waals surface area contributed by atoms with Crippen LogP contribution in [-0.2, 0) is 23.1 Å². The molecule has 1 fully saturated rings. The van der Waals surface area contributed by atoms with Crippen molar-refractivity contribution >= 4 is 11.9 Å². The zero-order valence-corrected chi connectivity index (χ0v) is 16.0. The Labute approximate surface area is 160 Å². The molecule has 8 nitrogen and oxygen atoms in total. The van der Waals surface area contributed by atoms with E-state index in [4.69, 9.17) is 19.7 Å². The van der Waals surface area contributed by atoms with Gasteiger partial charge in [0.05, 0.1) is 11.8 Å². The van der Waals surface area contributed by atoms with Crippen molar-refractivity contribution in [3.63, 3.8) is 0 Å². The molecular weight excluding hydrogens is 383 g/mol. The van der Waals surface area contributed by atoms with Gasteiger partial charge in [-0.05, 0) is 37.3 Å². The molecule has 0 amide bonds. The SMILES string of the molecule is CC(C)C1CC(CNCc2cc(C(=O)O)nn2C)CCO1.O=C(O)C(F)(F)F. The number of nitrogens with one attached hydrogen (secondary N) is 1. The predicted molar refractivity (Wildman–Crippen MR) is 92.9 cm³/mol. The summed E-state index contributed by atoms with van der Waals surface area (Å²) in [5.74, 6) is -2.56. The van der Waals surface area contributed by atoms with E-state index in [1.165, 1.54) is 0 Å². The first-order chi connectivity index (χ1) is 12.9. The van der Waals surface area contributed by atoms with Gasteiger partial charge in [-0.3, -0.25) is 4.68 Å². The second-order valence-corrected chi connectivity index (χ2v) is 6.93. The molecule has 2 rings (SSSR count). The summed E-state index contributed by atoms with van der Waals surface area (Å²) in [4.78, 5) is 19.8. The van der Waals surface area contributed by atoms with Crippen LogP contribution in [-0.4, -0.2) is 57.4 Å². The minimum Gasteiger partial charge on any atom is -0.476 e. The molecule has 2 atom stereocenters. The number of rotatable bonds is 6. The fraction of sp³-hybridized carbons (Fsp3) is 0.706. The highest BCUT2D eigenvalue weighted by atomic mass is 19.4. The minimum atomic E-state index is -5.08. The van der Waals surface area contributed by atoms with Crippen molar-refractivity contribution in [2.75, 3.05) is 13.2 Å². The molecule has 160 valence electrons. The van der Waals surface area contributed by atoms with Crippen LogP contribution in [0.4, 0.5) is 13.2 Å². The zero-order chi connectivity index (χ0) is 21.5. The average Bonchev–Trinajstić information content (AvgIpc) is 2.96. The van der Waals surface area contributed by atoms with Crippen molar-refractivity contribution in [3.05, 3.63) is 17.5 Å². The fourth-order valence-electron chi connectivity index (χ4n) is 2.73. The second-order valence-electron chi connectivity index (χ2n) is 6.93. The number of nitrogens with zero attached hydrogens (tertiary/aromatic N) is 2. The molecule has 3 N–H and O–H groups in total. The molecule has 1 aromatic rings. The van der Waals surface area contributed by atoms with Crippen LogP contribution in [0.25, 0.3) is 0 Å². The van der Waals surface area contributed by atoms with Crippen molar-refractivity contribution in [2.24, 2.45) is 18.9 Å². The summed E-state index contributed by atoms with van der Waals surface area (Å²) in [6.45, 7) is 6.80. The molecule has 0 saturated carbocycles. The Morgan fingerprint density at radius 2 is 2.00 bits per heavy atom. The Kier molecular flexibility index (Phi) is 8.89. The van der Waals surface area contributed by atoms with E-state index in [0.717, 1.165) is 31.7 Å². The van der Waals surface area contributed by atoms with Gasteiger partial charge >= 0.3 is 18.1 Å². The summed E-state index contributed by atoms with van der Waals surface area (Å²) in [5.41, 5.74) is 0.986. The third-order valence-electron chi connectivity index (χ3n) is 4.34. The van der Waals surface area contributed by atoms with Gasteiger partial charge in [-0.2, -0.15) is 18.3 Å². The number of ether oxygens (including phenoxy) is 1. The van der Waals surface area contributed by atoms with Gasteiger partial charge in [0, 0.05) is 20.2 Å². The Morgan fingerprint density at radius 3 is 2.46 bits per heavy atom. The van der Waals surface area contributed by atoms with Crippen LogP contribution >= 0.6 is 0 Å². The van der Waals surface area contributed by atoms with Crippen LogP contribution in [0.15, 0.2) is 6.07 Å². The van der Waals surface area contributed by atoms with Crippen LogP contribution in [0, 0.1) is 11.8 Å². The third-order valence-corrected chi connectivity index (χ3v) is 4.34. The average molecular weight is 409 g/mol. The number of alkyl halides is 3. The number of hydrogen-bond donors (Lipinski definition) is 3. The number of carboxylic acid groups (broad SMARTS) is 2. The van der Waals surface area contributed by atoms with Crippen LogP contribution in [0.2, 0.25) is 0 Å². The lowest BCUT2D eigenvalue weighted by Crippen LogP contribution is -2.34. The number of aryl methyl sites for hydroxylation is 1. The maximum Gasteiger partial charge on any atom is 0.490 e. The predicted octanol–water partition coefficient (Wildman–Crippen LogP) is 2.29. The highest BCUT2D eigenvalue weighted by Crippen LogP contribution is 2.24. The molecule has 2 heterocycles. The van der Waals surface area contributed by atoms with Crippen LogP contribution in [0.3, 0.4) is 0 Å². The van der Waals surface area contributed by atoms with Crippen LogP contribution in [0.1, 0.15) is 42.9 Å². The Balaban J connectivity index is 0.000000480. The second kappa shape index (κ2) is 10.4. The maximum absolute atomic E-state index is 10.9. The van der Waals surface area contributed by atoms with E-state index < -0.39 is 18.1 Å². The van der Waals surface area contributed by atoms with Gasteiger partial charge in [-0.15, -0.1) is 0 Å². The van der Waals surface area contributed by atoms with Gasteiger partial charge in [0.2, 0.25) is 0 Å². The van der Waals surface area contributed by atoms with Gasteiger partial charge in [-0.1, -0.05) is 13.8 Å². The van der Waals surface area contributed by atoms with Crippen LogP contribution in [0.5, 0.6) is 0 Å². The van der Waals surface area contributed by atoms with Crippen molar-refractivity contribution < 1.29 is 37.7 Å². The van der Waals surface area contributed by atoms with Gasteiger partial charge < -0.3 is 20.3 Å². The topological polar surface area (TPSA) is 114 Å². The molecule has 0 spiro atoms. The highest BCUT2D eigenvalue weighted by molar-refractivity contribution is 5.85. The van der Waals surface area contributed by atoms with Gasteiger partial charge in [0.1, 0.15) is 0 Å². The number of halogens is 3. The molecule has 2 unspecified atom stereocenters. The molecule has 28 heavy (non-hydrogen) atoms. The quantitative estimate of drug-likeness (QED) is 0.661. The first-order valence-corrected chi connectivity index (χ1v) is 8.80. The van der Waals surface area contributed by atoms with E-state index in [2.05, 4.69) is 24.3 Å². The first kappa shape index (κ1) is 23.9. The summed E-state index contributed by atoms with van der Waals surface area (Å²) in [6.07, 6.45) is -2.54. The molecular formula is C17H26F3N3O5. The first-order valence-electron chi connectivity index (χ1n) is 8.80. The van der Waals surface area contributed by atoms with Gasteiger partial charge in [-0.25, -0.2) is 9.59 Å². The number of aliphatic carboxylic acids is 1. The molecule has 0 bridgehead atoms. The number of carboxylic acids is 2. The molecule has 1 aromatic heterocycles. The Hall–Kier alpha value is -2.14. The summed E-state index contributed by atoms with van der Waals surface area (Å²) in [5, 5.41) is 23.4. The van der Waals surface area contributed by atoms with Gasteiger partial charge in [0.15, 0.2) is 5.69 Å². The highest BCUT2D eigenvalue weighted by Gasteiger charge is 2.38. The molecule has 1 aliphatic heterocycles. The number of carbonyl (C=O) groups is 2. The largest absolute Gasteiger partial charge is 0.490 e. The van der Waals surface area contributed by atoms with Crippen molar-refractivity contribution in [1.29, 1.82) is 0 Å². The molecule has 1 saturated heterocycles. The lowest BCUT2D eigenvalue weighted by molar-refractivity contribution is -0.192. The van der Waals surface area contributed by atoms with E-state index in [1.807, 2.05) is 0 Å². The molecule has 0 aromatic carbocycles. The number of hydrogen-bond acceptors (Lipinski definition) is 5. The molecule has 11 heteroatoms. The molecule has 1 aliphatic rings. The third kappa shape index (κ3) is 7.85. The van der Waals surface area contributed by atoms with E-state index in [-0.39, 0.29) is 5.69 Å². The standard InChI is InChI=1S/C15H25N3O3.C2HF3O2/c1-10(2)14-6-11(4-5-21-14)8-16-9-12-7-13(15(19)20)17-18(12)3;3-2(4,5)1(6)7/h7,10-11,14,16H,4-6,8-9H2,1-3H3,(H,19,20);(H,6,7). The van der Waals surface area contributed by atoms with Crippen LogP contribution < -0.4 is 5.32 Å². The molecule has 0 radical (unpaired) electrons. The van der Waals surface area contributed by atoms with E-state index >= 15 is 0 Å².